The predicted octanol–water partition coefficient (Wildman–Crippen LogP) is 1.08. The topological polar surface area (TPSA) is 76.7 Å². The zero-order valence-electron chi connectivity index (χ0n) is 10.6. The molecule has 0 aromatic heterocycles. The molecule has 1 aliphatic heterocycles. The smallest absolute Gasteiger partial charge is 0.251 e. The Balaban J connectivity index is 1.62. The van der Waals surface area contributed by atoms with Gasteiger partial charge >= 0.3 is 0 Å². The highest BCUT2D eigenvalue weighted by Crippen LogP contribution is 2.39. The van der Waals surface area contributed by atoms with Gasteiger partial charge in [0.15, 0.2) is 11.5 Å². The van der Waals surface area contributed by atoms with Crippen LogP contribution in [0.5, 0.6) is 11.5 Å². The molecular weight excluding hydrogens is 284 g/mol. The molecule has 1 saturated carbocycles. The molecule has 0 radical (unpaired) electrons. The van der Waals surface area contributed by atoms with Crippen LogP contribution in [-0.2, 0) is 4.79 Å². The molecule has 0 atom stereocenters. The maximum absolute atomic E-state index is 12.0. The van der Waals surface area contributed by atoms with Crippen LogP contribution in [-0.4, -0.2) is 31.2 Å². The second-order valence-electron chi connectivity index (χ2n) is 4.72. The maximum Gasteiger partial charge on any atom is 0.251 e. The molecule has 2 N–H and O–H groups in total. The van der Waals surface area contributed by atoms with Gasteiger partial charge in [-0.3, -0.25) is 9.59 Å². The largest absolute Gasteiger partial charge is 0.454 e. The Bertz CT molecular complexity index is 572. The number of carbonyl (C=O) groups excluding carboxylic acids is 2. The van der Waals surface area contributed by atoms with E-state index >= 15 is 0 Å². The van der Waals surface area contributed by atoms with Crippen molar-refractivity contribution in [1.29, 1.82) is 0 Å². The first-order chi connectivity index (χ1) is 9.63. The lowest BCUT2D eigenvalue weighted by atomic mass is 10.2. The minimum absolute atomic E-state index is 0.0542. The number of carbonyl (C=O) groups is 2. The van der Waals surface area contributed by atoms with Crippen LogP contribution in [0.2, 0.25) is 5.02 Å². The Hall–Kier alpha value is -1.95. The Morgan fingerprint density at radius 3 is 2.85 bits per heavy atom. The lowest BCUT2D eigenvalue weighted by Crippen LogP contribution is -2.37. The summed E-state index contributed by atoms with van der Waals surface area (Å²) in [5, 5.41) is 5.65. The molecule has 1 heterocycles. The molecule has 6 nitrogen and oxygen atoms in total. The zero-order chi connectivity index (χ0) is 14.1. The number of halogens is 1. The molecular formula is C13H13ClN2O4. The Kier molecular flexibility index (Phi) is 3.40. The van der Waals surface area contributed by atoms with Crippen LogP contribution in [0.4, 0.5) is 0 Å². The SMILES string of the molecule is O=C(CNC(=O)c1cc(Cl)c2c(c1)OCO2)NC1CC1. The van der Waals surface area contributed by atoms with E-state index in [2.05, 4.69) is 10.6 Å². The van der Waals surface area contributed by atoms with Crippen LogP contribution in [0.25, 0.3) is 0 Å². The molecule has 106 valence electrons. The van der Waals surface area contributed by atoms with E-state index in [0.717, 1.165) is 12.8 Å². The quantitative estimate of drug-likeness (QED) is 0.871. The predicted molar refractivity (Wildman–Crippen MR) is 71.1 cm³/mol. The minimum Gasteiger partial charge on any atom is -0.454 e. The second-order valence-corrected chi connectivity index (χ2v) is 5.12. The first-order valence-electron chi connectivity index (χ1n) is 6.30. The van der Waals surface area contributed by atoms with Gasteiger partial charge in [-0.15, -0.1) is 0 Å². The number of fused-ring (bicyclic) bond motifs is 1. The standard InChI is InChI=1S/C13H13ClN2O4/c14-9-3-7(4-10-12(9)20-6-19-10)13(18)15-5-11(17)16-8-1-2-8/h3-4,8H,1-2,5-6H2,(H,15,18)(H,16,17). The summed E-state index contributed by atoms with van der Waals surface area (Å²) in [6, 6.07) is 3.31. The van der Waals surface area contributed by atoms with E-state index < -0.39 is 0 Å². The Morgan fingerprint density at radius 2 is 2.10 bits per heavy atom. The molecule has 2 aliphatic rings. The first-order valence-corrected chi connectivity index (χ1v) is 6.68. The molecule has 7 heteroatoms. The van der Waals surface area contributed by atoms with Crippen molar-refractivity contribution in [2.45, 2.75) is 18.9 Å². The molecule has 20 heavy (non-hydrogen) atoms. The molecule has 0 spiro atoms. The van der Waals surface area contributed by atoms with E-state index in [-0.39, 0.29) is 31.2 Å². The number of amides is 2. The van der Waals surface area contributed by atoms with Crippen LogP contribution in [0, 0.1) is 0 Å². The Morgan fingerprint density at radius 1 is 1.30 bits per heavy atom. The highest BCUT2D eigenvalue weighted by molar-refractivity contribution is 6.32. The number of ether oxygens (including phenoxy) is 2. The molecule has 0 saturated heterocycles. The van der Waals surface area contributed by atoms with Crippen molar-refractivity contribution in [3.8, 4) is 11.5 Å². The monoisotopic (exact) mass is 296 g/mol. The molecule has 0 unspecified atom stereocenters. The minimum atomic E-state index is -0.379. The van der Waals surface area contributed by atoms with Gasteiger partial charge in [0.25, 0.3) is 5.91 Å². The van der Waals surface area contributed by atoms with Crippen molar-refractivity contribution >= 4 is 23.4 Å². The molecule has 2 amide bonds. The normalized spacial score (nSPS) is 15.8. The van der Waals surface area contributed by atoms with E-state index in [4.69, 9.17) is 21.1 Å². The van der Waals surface area contributed by atoms with Crippen molar-refractivity contribution in [3.05, 3.63) is 22.7 Å². The van der Waals surface area contributed by atoms with Crippen LogP contribution in [0.3, 0.4) is 0 Å². The highest BCUT2D eigenvalue weighted by atomic mass is 35.5. The number of benzene rings is 1. The van der Waals surface area contributed by atoms with Gasteiger partial charge < -0.3 is 20.1 Å². The lowest BCUT2D eigenvalue weighted by molar-refractivity contribution is -0.120. The summed E-state index contributed by atoms with van der Waals surface area (Å²) in [5.41, 5.74) is 0.332. The van der Waals surface area contributed by atoms with Gasteiger partial charge in [-0.25, -0.2) is 0 Å². The summed E-state index contributed by atoms with van der Waals surface area (Å²) in [7, 11) is 0. The molecule has 0 bridgehead atoms. The average Bonchev–Trinajstić information content (AvgIpc) is 3.09. The van der Waals surface area contributed by atoms with E-state index in [9.17, 15) is 9.59 Å². The fourth-order valence-electron chi connectivity index (χ4n) is 1.87. The molecule has 1 aromatic rings. The van der Waals surface area contributed by atoms with Crippen molar-refractivity contribution < 1.29 is 19.1 Å². The van der Waals surface area contributed by atoms with Crippen molar-refractivity contribution in [3.63, 3.8) is 0 Å². The van der Waals surface area contributed by atoms with Gasteiger partial charge in [-0.05, 0) is 25.0 Å². The summed E-state index contributed by atoms with van der Waals surface area (Å²) in [6.45, 7) is 0.0330. The lowest BCUT2D eigenvalue weighted by Gasteiger charge is -2.07. The molecule has 1 fully saturated rings. The number of hydrogen-bond donors (Lipinski definition) is 2. The third kappa shape index (κ3) is 2.80. The van der Waals surface area contributed by atoms with Crippen LogP contribution in [0.15, 0.2) is 12.1 Å². The van der Waals surface area contributed by atoms with E-state index in [1.54, 1.807) is 6.07 Å². The third-order valence-electron chi connectivity index (χ3n) is 3.04. The first kappa shape index (κ1) is 13.1. The van der Waals surface area contributed by atoms with E-state index in [0.29, 0.717) is 22.1 Å². The van der Waals surface area contributed by atoms with Gasteiger partial charge in [0.1, 0.15) is 0 Å². The molecule has 1 aliphatic carbocycles. The number of hydrogen-bond acceptors (Lipinski definition) is 4. The fraction of sp³-hybridized carbons (Fsp3) is 0.385. The summed E-state index contributed by atoms with van der Waals surface area (Å²) in [5.74, 6) is 0.309. The van der Waals surface area contributed by atoms with Crippen LogP contribution < -0.4 is 20.1 Å². The second kappa shape index (κ2) is 5.20. The van der Waals surface area contributed by atoms with Crippen LogP contribution in [0.1, 0.15) is 23.2 Å². The summed E-state index contributed by atoms with van der Waals surface area (Å²) in [4.78, 5) is 23.4. The van der Waals surface area contributed by atoms with Gasteiger partial charge in [0.05, 0.1) is 11.6 Å². The number of nitrogens with one attached hydrogen (secondary N) is 2. The van der Waals surface area contributed by atoms with Crippen molar-refractivity contribution in [2.24, 2.45) is 0 Å². The zero-order valence-corrected chi connectivity index (χ0v) is 11.3. The van der Waals surface area contributed by atoms with E-state index in [1.807, 2.05) is 0 Å². The van der Waals surface area contributed by atoms with Gasteiger partial charge in [0.2, 0.25) is 12.7 Å². The maximum atomic E-state index is 12.0. The average molecular weight is 297 g/mol. The number of rotatable bonds is 4. The fourth-order valence-corrected chi connectivity index (χ4v) is 2.13. The third-order valence-corrected chi connectivity index (χ3v) is 3.32. The van der Waals surface area contributed by atoms with Crippen molar-refractivity contribution in [1.82, 2.24) is 10.6 Å². The van der Waals surface area contributed by atoms with Gasteiger partial charge in [0, 0.05) is 11.6 Å². The van der Waals surface area contributed by atoms with Crippen LogP contribution >= 0.6 is 11.6 Å². The summed E-state index contributed by atoms with van der Waals surface area (Å²) >= 11 is 5.99. The van der Waals surface area contributed by atoms with Crippen molar-refractivity contribution in [2.75, 3.05) is 13.3 Å². The Labute approximate surface area is 120 Å². The molecule has 1 aromatic carbocycles. The molecule has 3 rings (SSSR count). The van der Waals surface area contributed by atoms with Gasteiger partial charge in [-0.2, -0.15) is 0 Å². The summed E-state index contributed by atoms with van der Waals surface area (Å²) in [6.07, 6.45) is 2.02. The summed E-state index contributed by atoms with van der Waals surface area (Å²) < 4.78 is 10.4. The van der Waals surface area contributed by atoms with E-state index in [1.165, 1.54) is 6.07 Å². The highest BCUT2D eigenvalue weighted by Gasteiger charge is 2.24. The van der Waals surface area contributed by atoms with Gasteiger partial charge in [-0.1, -0.05) is 11.6 Å².